The van der Waals surface area contributed by atoms with Crippen LogP contribution in [0.25, 0.3) is 0 Å². The molecule has 1 aromatic heterocycles. The lowest BCUT2D eigenvalue weighted by Gasteiger charge is -2.19. The van der Waals surface area contributed by atoms with Gasteiger partial charge in [-0.15, -0.1) is 0 Å². The van der Waals surface area contributed by atoms with Gasteiger partial charge in [-0.3, -0.25) is 9.78 Å². The van der Waals surface area contributed by atoms with Crippen LogP contribution < -0.4 is 14.8 Å². The Morgan fingerprint density at radius 3 is 2.47 bits per heavy atom. The van der Waals surface area contributed by atoms with Gasteiger partial charge in [-0.05, 0) is 60.5 Å². The van der Waals surface area contributed by atoms with Gasteiger partial charge in [0.1, 0.15) is 11.1 Å². The molecule has 9 heteroatoms. The molecule has 0 saturated carbocycles. The lowest BCUT2D eigenvalue weighted by Crippen LogP contribution is -2.32. The SMILES string of the molecule is COc1ccc(C(=O)NCC(c2cccnc2)S(=O)(=O)c2ccc(F)c(C)c2)cc1OC. The van der Waals surface area contributed by atoms with Crippen molar-refractivity contribution in [1.82, 2.24) is 10.3 Å². The molecule has 3 aromatic rings. The first-order chi connectivity index (χ1) is 15.3. The summed E-state index contributed by atoms with van der Waals surface area (Å²) in [5.41, 5.74) is 0.898. The molecule has 1 atom stereocenters. The summed E-state index contributed by atoms with van der Waals surface area (Å²) < 4.78 is 50.9. The van der Waals surface area contributed by atoms with Crippen LogP contribution in [0.15, 0.2) is 65.8 Å². The first kappa shape index (κ1) is 23.2. The maximum Gasteiger partial charge on any atom is 0.251 e. The predicted octanol–water partition coefficient (Wildman–Crippen LogP) is 3.49. The standard InChI is InChI=1S/C23H23FN2O5S/c1-15-11-18(7-8-19(15)24)32(28,29)22(17-5-4-10-25-13-17)14-26-23(27)16-6-9-20(30-2)21(12-16)31-3/h4-13,22H,14H2,1-3H3,(H,26,27). The molecule has 1 N–H and O–H groups in total. The molecule has 0 aliphatic rings. The molecule has 7 nitrogen and oxygen atoms in total. The van der Waals surface area contributed by atoms with Crippen molar-refractivity contribution in [3.8, 4) is 11.5 Å². The van der Waals surface area contributed by atoms with E-state index in [1.54, 1.807) is 24.3 Å². The van der Waals surface area contributed by atoms with E-state index in [2.05, 4.69) is 10.3 Å². The van der Waals surface area contributed by atoms with Crippen LogP contribution in [0.5, 0.6) is 11.5 Å². The zero-order chi connectivity index (χ0) is 23.3. The summed E-state index contributed by atoms with van der Waals surface area (Å²) in [7, 11) is -1.02. The molecule has 0 bridgehead atoms. The second kappa shape index (κ2) is 9.78. The molecule has 3 rings (SSSR count). The molecule has 0 saturated heterocycles. The van der Waals surface area contributed by atoms with Crippen LogP contribution >= 0.6 is 0 Å². The van der Waals surface area contributed by atoms with E-state index in [4.69, 9.17) is 9.47 Å². The number of sulfone groups is 1. The summed E-state index contributed by atoms with van der Waals surface area (Å²) in [5, 5.41) is 1.55. The Balaban J connectivity index is 1.91. The van der Waals surface area contributed by atoms with Crippen molar-refractivity contribution in [2.45, 2.75) is 17.1 Å². The topological polar surface area (TPSA) is 94.6 Å². The molecule has 2 aromatic carbocycles. The highest BCUT2D eigenvalue weighted by Gasteiger charge is 2.30. The molecule has 32 heavy (non-hydrogen) atoms. The van der Waals surface area contributed by atoms with Crippen molar-refractivity contribution >= 4 is 15.7 Å². The van der Waals surface area contributed by atoms with Gasteiger partial charge in [-0.25, -0.2) is 12.8 Å². The number of hydrogen-bond donors (Lipinski definition) is 1. The first-order valence-corrected chi connectivity index (χ1v) is 11.2. The van der Waals surface area contributed by atoms with Crippen molar-refractivity contribution in [3.63, 3.8) is 0 Å². The second-order valence-corrected chi connectivity index (χ2v) is 9.14. The first-order valence-electron chi connectivity index (χ1n) is 9.68. The van der Waals surface area contributed by atoms with Gasteiger partial charge in [0.25, 0.3) is 5.91 Å². The van der Waals surface area contributed by atoms with Crippen molar-refractivity contribution in [3.05, 3.63) is 83.4 Å². The summed E-state index contributed by atoms with van der Waals surface area (Å²) >= 11 is 0. The van der Waals surface area contributed by atoms with E-state index in [1.165, 1.54) is 51.7 Å². The summed E-state index contributed by atoms with van der Waals surface area (Å²) in [5.74, 6) is -0.140. The van der Waals surface area contributed by atoms with E-state index < -0.39 is 26.8 Å². The average molecular weight is 459 g/mol. The number of amides is 1. The number of ether oxygens (including phenoxy) is 2. The summed E-state index contributed by atoms with van der Waals surface area (Å²) in [6.07, 6.45) is 2.96. The number of nitrogens with one attached hydrogen (secondary N) is 1. The maximum absolute atomic E-state index is 13.7. The van der Waals surface area contributed by atoms with E-state index in [-0.39, 0.29) is 22.6 Å². The fraction of sp³-hybridized carbons (Fsp3) is 0.217. The van der Waals surface area contributed by atoms with E-state index in [0.717, 1.165) is 6.07 Å². The number of nitrogens with zero attached hydrogens (tertiary/aromatic N) is 1. The molecule has 0 aliphatic heterocycles. The Morgan fingerprint density at radius 1 is 1.09 bits per heavy atom. The molecule has 0 fully saturated rings. The summed E-state index contributed by atoms with van der Waals surface area (Å²) in [6.45, 7) is 1.28. The zero-order valence-electron chi connectivity index (χ0n) is 17.8. The summed E-state index contributed by atoms with van der Waals surface area (Å²) in [6, 6.07) is 11.5. The number of carbonyl (C=O) groups is 1. The van der Waals surface area contributed by atoms with E-state index >= 15 is 0 Å². The monoisotopic (exact) mass is 458 g/mol. The van der Waals surface area contributed by atoms with Crippen molar-refractivity contribution < 1.29 is 27.1 Å². The molecular formula is C23H23FN2O5S. The van der Waals surface area contributed by atoms with Crippen molar-refractivity contribution in [2.24, 2.45) is 0 Å². The quantitative estimate of drug-likeness (QED) is 0.520. The molecule has 0 aliphatic carbocycles. The van der Waals surface area contributed by atoms with Gasteiger partial charge in [-0.2, -0.15) is 0 Å². The van der Waals surface area contributed by atoms with Crippen LogP contribution in [-0.4, -0.2) is 40.1 Å². The molecule has 168 valence electrons. The molecule has 0 radical (unpaired) electrons. The number of pyridine rings is 1. The lowest BCUT2D eigenvalue weighted by molar-refractivity contribution is 0.0953. The highest BCUT2D eigenvalue weighted by molar-refractivity contribution is 7.91. The van der Waals surface area contributed by atoms with Crippen molar-refractivity contribution in [2.75, 3.05) is 20.8 Å². The number of hydrogen-bond acceptors (Lipinski definition) is 6. The Kier molecular flexibility index (Phi) is 7.09. The molecular weight excluding hydrogens is 435 g/mol. The van der Waals surface area contributed by atoms with Crippen molar-refractivity contribution in [1.29, 1.82) is 0 Å². The van der Waals surface area contributed by atoms with Gasteiger partial charge >= 0.3 is 0 Å². The molecule has 1 unspecified atom stereocenters. The third-order valence-electron chi connectivity index (χ3n) is 4.98. The number of aromatic nitrogens is 1. The average Bonchev–Trinajstić information content (AvgIpc) is 2.80. The number of carbonyl (C=O) groups excluding carboxylic acids is 1. The van der Waals surface area contributed by atoms with Gasteiger partial charge in [0.05, 0.1) is 19.1 Å². The Morgan fingerprint density at radius 2 is 1.84 bits per heavy atom. The minimum Gasteiger partial charge on any atom is -0.493 e. The molecule has 1 amide bonds. The van der Waals surface area contributed by atoms with Crippen LogP contribution in [0.2, 0.25) is 0 Å². The van der Waals surface area contributed by atoms with Crippen LogP contribution in [0.4, 0.5) is 4.39 Å². The fourth-order valence-corrected chi connectivity index (χ4v) is 4.92. The number of benzene rings is 2. The normalized spacial score (nSPS) is 12.1. The third-order valence-corrected chi connectivity index (χ3v) is 7.08. The van der Waals surface area contributed by atoms with Gasteiger partial charge in [0, 0.05) is 24.5 Å². The summed E-state index contributed by atoms with van der Waals surface area (Å²) in [4.78, 5) is 16.7. The van der Waals surface area contributed by atoms with Crippen LogP contribution in [0.1, 0.15) is 26.7 Å². The van der Waals surface area contributed by atoms with Gasteiger partial charge in [0.2, 0.25) is 0 Å². The number of methoxy groups -OCH3 is 2. The van der Waals surface area contributed by atoms with Crippen LogP contribution in [-0.2, 0) is 9.84 Å². The maximum atomic E-state index is 13.7. The Labute approximate surface area is 186 Å². The van der Waals surface area contributed by atoms with Crippen LogP contribution in [0.3, 0.4) is 0 Å². The minimum atomic E-state index is -3.96. The largest absolute Gasteiger partial charge is 0.493 e. The van der Waals surface area contributed by atoms with E-state index in [9.17, 15) is 17.6 Å². The number of halogens is 1. The van der Waals surface area contributed by atoms with Gasteiger partial charge in [-0.1, -0.05) is 6.07 Å². The molecule has 1 heterocycles. The Bertz CT molecular complexity index is 1220. The smallest absolute Gasteiger partial charge is 0.251 e. The van der Waals surface area contributed by atoms with Gasteiger partial charge in [0.15, 0.2) is 21.3 Å². The lowest BCUT2D eigenvalue weighted by atomic mass is 10.1. The predicted molar refractivity (Wildman–Crippen MR) is 117 cm³/mol. The third kappa shape index (κ3) is 4.88. The van der Waals surface area contributed by atoms with Gasteiger partial charge < -0.3 is 14.8 Å². The highest BCUT2D eigenvalue weighted by atomic mass is 32.2. The molecule has 0 spiro atoms. The Hall–Kier alpha value is -3.46. The zero-order valence-corrected chi connectivity index (χ0v) is 18.6. The van der Waals surface area contributed by atoms with E-state index in [0.29, 0.717) is 17.1 Å². The van der Waals surface area contributed by atoms with E-state index in [1.807, 2.05) is 0 Å². The number of aryl methyl sites for hydroxylation is 1. The number of rotatable bonds is 8. The second-order valence-electron chi connectivity index (χ2n) is 7.01. The minimum absolute atomic E-state index is 0.0365. The van der Waals surface area contributed by atoms with Crippen LogP contribution in [0, 0.1) is 12.7 Å². The fourth-order valence-electron chi connectivity index (χ4n) is 3.20. The highest BCUT2D eigenvalue weighted by Crippen LogP contribution is 2.30.